The van der Waals surface area contributed by atoms with E-state index in [0.29, 0.717) is 22.9 Å². The van der Waals surface area contributed by atoms with Gasteiger partial charge in [0.25, 0.3) is 5.91 Å². The van der Waals surface area contributed by atoms with E-state index in [0.717, 1.165) is 28.8 Å². The lowest BCUT2D eigenvalue weighted by Gasteiger charge is -2.24. The summed E-state index contributed by atoms with van der Waals surface area (Å²) in [5, 5.41) is 3.55. The van der Waals surface area contributed by atoms with Gasteiger partial charge in [0.1, 0.15) is 5.37 Å². The normalized spacial score (nSPS) is 15.2. The van der Waals surface area contributed by atoms with Gasteiger partial charge >= 0.3 is 0 Å². The van der Waals surface area contributed by atoms with Crippen molar-refractivity contribution in [2.24, 2.45) is 0 Å². The molecule has 7 heteroatoms. The van der Waals surface area contributed by atoms with Gasteiger partial charge in [0, 0.05) is 35.2 Å². The molecular weight excluding hydrogens is 490 g/mol. The number of carbonyl (C=O) groups excluding carboxylic acids is 2. The van der Waals surface area contributed by atoms with Crippen LogP contribution in [0, 0.1) is 0 Å². The molecule has 0 bridgehead atoms. The van der Waals surface area contributed by atoms with E-state index in [9.17, 15) is 9.59 Å². The smallest absolute Gasteiger partial charge is 0.255 e. The van der Waals surface area contributed by atoms with Crippen molar-refractivity contribution in [1.29, 1.82) is 0 Å². The van der Waals surface area contributed by atoms with Gasteiger partial charge in [0.2, 0.25) is 5.91 Å². The first-order chi connectivity index (χ1) is 17.5. The van der Waals surface area contributed by atoms with E-state index in [2.05, 4.69) is 10.3 Å². The number of anilines is 1. The van der Waals surface area contributed by atoms with Gasteiger partial charge in [-0.15, -0.1) is 11.8 Å². The summed E-state index contributed by atoms with van der Waals surface area (Å²) in [4.78, 5) is 31.3. The largest absolute Gasteiger partial charge is 0.322 e. The van der Waals surface area contributed by atoms with Crippen LogP contribution in [0.4, 0.5) is 5.69 Å². The van der Waals surface area contributed by atoms with Gasteiger partial charge in [-0.1, -0.05) is 48.0 Å². The van der Waals surface area contributed by atoms with Crippen molar-refractivity contribution in [3.05, 3.63) is 130 Å². The summed E-state index contributed by atoms with van der Waals surface area (Å²) < 4.78 is 0. The maximum atomic E-state index is 12.8. The minimum Gasteiger partial charge on any atom is -0.322 e. The van der Waals surface area contributed by atoms with E-state index >= 15 is 0 Å². The van der Waals surface area contributed by atoms with Gasteiger partial charge in [-0.25, -0.2) is 0 Å². The Morgan fingerprint density at radius 3 is 2.22 bits per heavy atom. The Kier molecular flexibility index (Phi) is 7.35. The number of amides is 2. The van der Waals surface area contributed by atoms with Crippen molar-refractivity contribution in [1.82, 2.24) is 9.88 Å². The summed E-state index contributed by atoms with van der Waals surface area (Å²) in [7, 11) is 0. The van der Waals surface area contributed by atoms with Crippen LogP contribution in [0.2, 0.25) is 5.02 Å². The van der Waals surface area contributed by atoms with E-state index in [1.165, 1.54) is 5.56 Å². The van der Waals surface area contributed by atoms with E-state index in [4.69, 9.17) is 11.6 Å². The third kappa shape index (κ3) is 5.78. The van der Waals surface area contributed by atoms with Crippen LogP contribution in [0.15, 0.2) is 97.3 Å². The Bertz CT molecular complexity index is 1340. The number of pyridine rings is 1. The molecule has 1 N–H and O–H groups in total. The lowest BCUT2D eigenvalue weighted by atomic mass is 10.1. The molecule has 0 aliphatic carbocycles. The number of thioether (sulfide) groups is 1. The topological polar surface area (TPSA) is 62.3 Å². The van der Waals surface area contributed by atoms with Crippen LogP contribution in [-0.4, -0.2) is 27.5 Å². The van der Waals surface area contributed by atoms with Gasteiger partial charge in [-0.2, -0.15) is 0 Å². The molecule has 5 rings (SSSR count). The first-order valence-electron chi connectivity index (χ1n) is 11.6. The van der Waals surface area contributed by atoms with E-state index in [1.54, 1.807) is 24.2 Å². The Morgan fingerprint density at radius 2 is 1.53 bits per heavy atom. The highest BCUT2D eigenvalue weighted by Gasteiger charge is 2.32. The van der Waals surface area contributed by atoms with Crippen molar-refractivity contribution in [3.63, 3.8) is 0 Å². The molecule has 0 spiro atoms. The molecule has 1 fully saturated rings. The van der Waals surface area contributed by atoms with Gasteiger partial charge in [-0.3, -0.25) is 14.6 Å². The van der Waals surface area contributed by atoms with Crippen LogP contribution in [0.1, 0.15) is 38.0 Å². The molecule has 2 heterocycles. The summed E-state index contributed by atoms with van der Waals surface area (Å²) in [5.74, 6) is 0.378. The van der Waals surface area contributed by atoms with Crippen molar-refractivity contribution < 1.29 is 9.59 Å². The van der Waals surface area contributed by atoms with Crippen LogP contribution >= 0.6 is 23.4 Å². The average Bonchev–Trinajstić information content (AvgIpc) is 3.27. The lowest BCUT2D eigenvalue weighted by Crippen LogP contribution is -2.27. The van der Waals surface area contributed by atoms with Crippen molar-refractivity contribution >= 4 is 40.9 Å². The van der Waals surface area contributed by atoms with Gasteiger partial charge in [0.05, 0.1) is 5.75 Å². The zero-order valence-corrected chi connectivity index (χ0v) is 21.0. The molecule has 1 aliphatic heterocycles. The molecule has 2 amide bonds. The van der Waals surface area contributed by atoms with E-state index in [1.807, 2.05) is 89.8 Å². The molecule has 1 saturated heterocycles. The number of nitrogens with zero attached hydrogens (tertiary/aromatic N) is 2. The molecule has 0 radical (unpaired) electrons. The molecule has 1 aliphatic rings. The molecule has 36 heavy (non-hydrogen) atoms. The van der Waals surface area contributed by atoms with Crippen molar-refractivity contribution in [2.45, 2.75) is 18.3 Å². The Labute approximate surface area is 219 Å². The Balaban J connectivity index is 1.22. The molecule has 0 saturated carbocycles. The third-order valence-electron chi connectivity index (χ3n) is 6.06. The SMILES string of the molecule is O=C(Nc1ccc(Cc2ccncc2)cc1)c1ccc([C@H]2SCC(=O)N2Cc2ccc(Cl)cc2)cc1. The molecule has 5 nitrogen and oxygen atoms in total. The zero-order valence-electron chi connectivity index (χ0n) is 19.4. The highest BCUT2D eigenvalue weighted by atomic mass is 35.5. The molecule has 4 aromatic rings. The summed E-state index contributed by atoms with van der Waals surface area (Å²) in [6, 6.07) is 26.9. The molecule has 180 valence electrons. The molecule has 0 unspecified atom stereocenters. The number of halogens is 1. The van der Waals surface area contributed by atoms with E-state index in [-0.39, 0.29) is 17.2 Å². The second kappa shape index (κ2) is 11.0. The van der Waals surface area contributed by atoms with Gasteiger partial charge in [-0.05, 0) is 77.2 Å². The number of aromatic nitrogens is 1. The number of nitrogens with one attached hydrogen (secondary N) is 1. The van der Waals surface area contributed by atoms with Crippen LogP contribution in [0.5, 0.6) is 0 Å². The number of hydrogen-bond acceptors (Lipinski definition) is 4. The summed E-state index contributed by atoms with van der Waals surface area (Å²) in [6.07, 6.45) is 4.39. The first-order valence-corrected chi connectivity index (χ1v) is 13.0. The number of benzene rings is 3. The fourth-order valence-corrected chi connectivity index (χ4v) is 5.45. The van der Waals surface area contributed by atoms with Crippen LogP contribution in [0.3, 0.4) is 0 Å². The molecular formula is C29H24ClN3O2S. The molecule has 3 aromatic carbocycles. The number of carbonyl (C=O) groups is 2. The maximum Gasteiger partial charge on any atom is 0.255 e. The summed E-state index contributed by atoms with van der Waals surface area (Å²) >= 11 is 7.59. The predicted molar refractivity (Wildman–Crippen MR) is 145 cm³/mol. The van der Waals surface area contributed by atoms with Crippen molar-refractivity contribution in [3.8, 4) is 0 Å². The minimum atomic E-state index is -0.170. The average molecular weight is 514 g/mol. The number of rotatable bonds is 7. The monoisotopic (exact) mass is 513 g/mol. The first kappa shape index (κ1) is 24.1. The molecule has 1 aromatic heterocycles. The second-order valence-electron chi connectivity index (χ2n) is 8.62. The van der Waals surface area contributed by atoms with Crippen LogP contribution in [-0.2, 0) is 17.8 Å². The van der Waals surface area contributed by atoms with E-state index < -0.39 is 0 Å². The second-order valence-corrected chi connectivity index (χ2v) is 10.1. The van der Waals surface area contributed by atoms with Gasteiger partial charge in [0.15, 0.2) is 0 Å². The zero-order chi connectivity index (χ0) is 24.9. The highest BCUT2D eigenvalue weighted by Crippen LogP contribution is 2.39. The summed E-state index contributed by atoms with van der Waals surface area (Å²) in [5.41, 5.74) is 5.69. The standard InChI is InChI=1S/C29H24ClN3O2S/c30-25-9-1-22(2-10-25)18-33-27(34)19-36-29(33)24-7-5-23(6-8-24)28(35)32-26-11-3-20(4-12-26)17-21-13-15-31-16-14-21/h1-16,29H,17-19H2,(H,32,35)/t29-/m1/s1. The van der Waals surface area contributed by atoms with Gasteiger partial charge < -0.3 is 10.2 Å². The molecule has 1 atom stereocenters. The predicted octanol–water partition coefficient (Wildman–Crippen LogP) is 6.35. The Morgan fingerprint density at radius 1 is 0.889 bits per heavy atom. The Hall–Kier alpha value is -3.61. The third-order valence-corrected chi connectivity index (χ3v) is 7.57. The minimum absolute atomic E-state index is 0.0850. The lowest BCUT2D eigenvalue weighted by molar-refractivity contribution is -0.128. The fourth-order valence-electron chi connectivity index (χ4n) is 4.13. The van der Waals surface area contributed by atoms with Crippen LogP contribution in [0.25, 0.3) is 0 Å². The number of hydrogen-bond donors (Lipinski definition) is 1. The fraction of sp³-hybridized carbons (Fsp3) is 0.138. The quantitative estimate of drug-likeness (QED) is 0.312. The van der Waals surface area contributed by atoms with Crippen molar-refractivity contribution in [2.75, 3.05) is 11.1 Å². The summed E-state index contributed by atoms with van der Waals surface area (Å²) in [6.45, 7) is 0.521. The highest BCUT2D eigenvalue weighted by molar-refractivity contribution is 8.00. The van der Waals surface area contributed by atoms with Crippen LogP contribution < -0.4 is 5.32 Å². The maximum absolute atomic E-state index is 12.8.